The minimum Gasteiger partial charge on any atom is -0.507 e. The van der Waals surface area contributed by atoms with Gasteiger partial charge in [-0.15, -0.1) is 0 Å². The van der Waals surface area contributed by atoms with E-state index < -0.39 is 5.91 Å². The Kier molecular flexibility index (Phi) is 4.05. The molecule has 0 saturated heterocycles. The molecule has 20 heavy (non-hydrogen) atoms. The van der Waals surface area contributed by atoms with Gasteiger partial charge >= 0.3 is 0 Å². The Bertz CT molecular complexity index is 665. The number of rotatable bonds is 3. The SMILES string of the molecule is CC(=O)c1ccc(NC(=O)c2ccc(Cl)cc2O)cc1. The molecule has 0 atom stereocenters. The van der Waals surface area contributed by atoms with Crippen LogP contribution in [0.25, 0.3) is 0 Å². The summed E-state index contributed by atoms with van der Waals surface area (Å²) in [5.41, 5.74) is 1.23. The molecule has 0 aromatic heterocycles. The first-order valence-electron chi connectivity index (χ1n) is 5.88. The maximum absolute atomic E-state index is 12.0. The zero-order valence-corrected chi connectivity index (χ0v) is 11.4. The summed E-state index contributed by atoms with van der Waals surface area (Å²) in [4.78, 5) is 23.1. The second-order valence-corrected chi connectivity index (χ2v) is 4.69. The van der Waals surface area contributed by atoms with E-state index in [0.717, 1.165) is 0 Å². The van der Waals surface area contributed by atoms with Gasteiger partial charge in [0.15, 0.2) is 5.78 Å². The molecule has 1 amide bonds. The quantitative estimate of drug-likeness (QED) is 0.850. The Hall–Kier alpha value is -2.33. The molecule has 2 N–H and O–H groups in total. The molecule has 0 radical (unpaired) electrons. The van der Waals surface area contributed by atoms with Crippen LogP contribution < -0.4 is 5.32 Å². The van der Waals surface area contributed by atoms with E-state index in [-0.39, 0.29) is 17.1 Å². The summed E-state index contributed by atoms with van der Waals surface area (Å²) < 4.78 is 0. The molecule has 0 spiro atoms. The Morgan fingerprint density at radius 1 is 1.10 bits per heavy atom. The summed E-state index contributed by atoms with van der Waals surface area (Å²) in [6, 6.07) is 10.8. The zero-order chi connectivity index (χ0) is 14.7. The largest absolute Gasteiger partial charge is 0.507 e. The second kappa shape index (κ2) is 5.75. The summed E-state index contributed by atoms with van der Waals surface area (Å²) in [6.45, 7) is 1.47. The van der Waals surface area contributed by atoms with Gasteiger partial charge in [-0.3, -0.25) is 9.59 Å². The average molecular weight is 290 g/mol. The Morgan fingerprint density at radius 2 is 1.75 bits per heavy atom. The molecule has 0 aliphatic heterocycles. The first-order chi connectivity index (χ1) is 9.47. The number of Topliss-reactive ketones (excluding diaryl/α,β-unsaturated/α-hetero) is 1. The highest BCUT2D eigenvalue weighted by molar-refractivity contribution is 6.31. The first kappa shape index (κ1) is 14.1. The van der Waals surface area contributed by atoms with Gasteiger partial charge in [0.25, 0.3) is 5.91 Å². The van der Waals surface area contributed by atoms with Crippen molar-refractivity contribution in [1.29, 1.82) is 0 Å². The van der Waals surface area contributed by atoms with Crippen molar-refractivity contribution in [1.82, 2.24) is 0 Å². The van der Waals surface area contributed by atoms with E-state index in [1.807, 2.05) is 0 Å². The number of phenolic OH excluding ortho intramolecular Hbond substituents is 1. The molecule has 2 aromatic carbocycles. The first-order valence-corrected chi connectivity index (χ1v) is 6.26. The second-order valence-electron chi connectivity index (χ2n) is 4.25. The van der Waals surface area contributed by atoms with E-state index in [0.29, 0.717) is 16.3 Å². The van der Waals surface area contributed by atoms with Gasteiger partial charge < -0.3 is 10.4 Å². The fourth-order valence-electron chi connectivity index (χ4n) is 1.68. The van der Waals surface area contributed by atoms with Crippen LogP contribution in [-0.4, -0.2) is 16.8 Å². The number of hydrogen-bond donors (Lipinski definition) is 2. The van der Waals surface area contributed by atoms with Crippen molar-refractivity contribution in [2.45, 2.75) is 6.92 Å². The summed E-state index contributed by atoms with van der Waals surface area (Å²) in [6.07, 6.45) is 0. The fourth-order valence-corrected chi connectivity index (χ4v) is 1.85. The van der Waals surface area contributed by atoms with Crippen LogP contribution in [-0.2, 0) is 0 Å². The number of nitrogens with one attached hydrogen (secondary N) is 1. The molecular weight excluding hydrogens is 278 g/mol. The van der Waals surface area contributed by atoms with Crippen LogP contribution in [0, 0.1) is 0 Å². The van der Waals surface area contributed by atoms with Crippen LogP contribution >= 0.6 is 11.6 Å². The standard InChI is InChI=1S/C15H12ClNO3/c1-9(18)10-2-5-12(6-3-10)17-15(20)13-7-4-11(16)8-14(13)19/h2-8,19H,1H3,(H,17,20). The summed E-state index contributed by atoms with van der Waals surface area (Å²) in [7, 11) is 0. The zero-order valence-electron chi connectivity index (χ0n) is 10.7. The van der Waals surface area contributed by atoms with Gasteiger partial charge in [0.2, 0.25) is 0 Å². The van der Waals surface area contributed by atoms with E-state index in [9.17, 15) is 14.7 Å². The number of phenols is 1. The van der Waals surface area contributed by atoms with E-state index in [4.69, 9.17) is 11.6 Å². The molecule has 2 aromatic rings. The van der Waals surface area contributed by atoms with Crippen LogP contribution in [0.4, 0.5) is 5.69 Å². The number of amides is 1. The highest BCUT2D eigenvalue weighted by atomic mass is 35.5. The smallest absolute Gasteiger partial charge is 0.259 e. The number of carbonyl (C=O) groups excluding carboxylic acids is 2. The number of benzene rings is 2. The van der Waals surface area contributed by atoms with Gasteiger partial charge in [-0.05, 0) is 49.4 Å². The Morgan fingerprint density at radius 3 is 2.30 bits per heavy atom. The monoisotopic (exact) mass is 289 g/mol. The van der Waals surface area contributed by atoms with E-state index in [2.05, 4.69) is 5.32 Å². The minimum absolute atomic E-state index is 0.0433. The van der Waals surface area contributed by atoms with Crippen molar-refractivity contribution < 1.29 is 14.7 Å². The third-order valence-corrected chi connectivity index (χ3v) is 2.99. The molecule has 0 aliphatic carbocycles. The van der Waals surface area contributed by atoms with E-state index in [1.54, 1.807) is 24.3 Å². The van der Waals surface area contributed by atoms with Gasteiger partial charge in [-0.1, -0.05) is 11.6 Å². The molecule has 2 rings (SSSR count). The van der Waals surface area contributed by atoms with Gasteiger partial charge in [-0.25, -0.2) is 0 Å². The van der Waals surface area contributed by atoms with Crippen LogP contribution in [0.2, 0.25) is 5.02 Å². The lowest BCUT2D eigenvalue weighted by atomic mass is 10.1. The van der Waals surface area contributed by atoms with E-state index >= 15 is 0 Å². The van der Waals surface area contributed by atoms with Gasteiger partial charge in [-0.2, -0.15) is 0 Å². The maximum Gasteiger partial charge on any atom is 0.259 e. The van der Waals surface area contributed by atoms with Crippen molar-refractivity contribution in [2.24, 2.45) is 0 Å². The normalized spacial score (nSPS) is 10.1. The number of anilines is 1. The molecular formula is C15H12ClNO3. The fraction of sp³-hybridized carbons (Fsp3) is 0.0667. The lowest BCUT2D eigenvalue weighted by Crippen LogP contribution is -2.12. The van der Waals surface area contributed by atoms with Gasteiger partial charge in [0.05, 0.1) is 5.56 Å². The van der Waals surface area contributed by atoms with Crippen LogP contribution in [0.5, 0.6) is 5.75 Å². The average Bonchev–Trinajstić information content (AvgIpc) is 2.39. The predicted molar refractivity (Wildman–Crippen MR) is 77.5 cm³/mol. The van der Waals surface area contributed by atoms with Crippen molar-refractivity contribution in [3.05, 3.63) is 58.6 Å². The molecule has 0 saturated carbocycles. The van der Waals surface area contributed by atoms with Crippen molar-refractivity contribution in [3.63, 3.8) is 0 Å². The van der Waals surface area contributed by atoms with Crippen molar-refractivity contribution >= 4 is 29.0 Å². The molecule has 0 bridgehead atoms. The van der Waals surface area contributed by atoms with Crippen molar-refractivity contribution in [3.8, 4) is 5.75 Å². The highest BCUT2D eigenvalue weighted by Crippen LogP contribution is 2.23. The van der Waals surface area contributed by atoms with Crippen LogP contribution in [0.3, 0.4) is 0 Å². The molecule has 0 fully saturated rings. The van der Waals surface area contributed by atoms with Gasteiger partial charge in [0, 0.05) is 16.3 Å². The van der Waals surface area contributed by atoms with Crippen molar-refractivity contribution in [2.75, 3.05) is 5.32 Å². The van der Waals surface area contributed by atoms with Crippen LogP contribution in [0.15, 0.2) is 42.5 Å². The molecule has 102 valence electrons. The minimum atomic E-state index is -0.449. The molecule has 0 heterocycles. The number of halogens is 1. The number of carbonyl (C=O) groups is 2. The number of hydrogen-bond acceptors (Lipinski definition) is 3. The Labute approximate surface area is 121 Å². The predicted octanol–water partition coefficient (Wildman–Crippen LogP) is 3.50. The third-order valence-electron chi connectivity index (χ3n) is 2.75. The lowest BCUT2D eigenvalue weighted by Gasteiger charge is -2.07. The number of ketones is 1. The van der Waals surface area contributed by atoms with Crippen LogP contribution in [0.1, 0.15) is 27.6 Å². The third kappa shape index (κ3) is 3.16. The Balaban J connectivity index is 2.17. The summed E-state index contributed by atoms with van der Waals surface area (Å²) in [5.74, 6) is -0.677. The summed E-state index contributed by atoms with van der Waals surface area (Å²) in [5, 5.41) is 12.6. The molecule has 0 aliphatic rings. The highest BCUT2D eigenvalue weighted by Gasteiger charge is 2.11. The molecule has 5 heteroatoms. The number of aromatic hydroxyl groups is 1. The molecule has 0 unspecified atom stereocenters. The summed E-state index contributed by atoms with van der Waals surface area (Å²) >= 11 is 5.71. The topological polar surface area (TPSA) is 66.4 Å². The maximum atomic E-state index is 12.0. The lowest BCUT2D eigenvalue weighted by molar-refractivity contribution is 0.101. The van der Waals surface area contributed by atoms with E-state index in [1.165, 1.54) is 25.1 Å². The van der Waals surface area contributed by atoms with Gasteiger partial charge in [0.1, 0.15) is 5.75 Å². The molecule has 4 nitrogen and oxygen atoms in total.